The Bertz CT molecular complexity index is 1320. The summed E-state index contributed by atoms with van der Waals surface area (Å²) in [7, 11) is 1.63. The third-order valence-electron chi connectivity index (χ3n) is 5.47. The molecule has 3 aromatic rings. The minimum absolute atomic E-state index is 0.211. The Morgan fingerprint density at radius 2 is 1.94 bits per heavy atom. The summed E-state index contributed by atoms with van der Waals surface area (Å²) in [5.74, 6) is -1.07. The van der Waals surface area contributed by atoms with Gasteiger partial charge < -0.3 is 9.47 Å². The maximum atomic E-state index is 13.0. The molecule has 8 heteroatoms. The quantitative estimate of drug-likeness (QED) is 0.498. The SMILES string of the molecule is Cc1cc2c(c(/C=N\NC(=O)c3ccncc3)c1)O[C@@]1(C=C2)Oc2ccccc2C(=O)N1C. The molecule has 164 valence electrons. The predicted octanol–water partition coefficient (Wildman–Crippen LogP) is 3.38. The van der Waals surface area contributed by atoms with E-state index in [4.69, 9.17) is 9.47 Å². The second kappa shape index (κ2) is 7.90. The number of carbonyl (C=O) groups excluding carboxylic acids is 2. The number of nitrogens with one attached hydrogen (secondary N) is 1. The molecular weight excluding hydrogens is 420 g/mol. The molecule has 3 heterocycles. The minimum atomic E-state index is -1.43. The van der Waals surface area contributed by atoms with Gasteiger partial charge in [0.2, 0.25) is 0 Å². The van der Waals surface area contributed by atoms with Gasteiger partial charge in [-0.3, -0.25) is 19.5 Å². The number of aromatic nitrogens is 1. The maximum absolute atomic E-state index is 13.0. The Morgan fingerprint density at radius 3 is 2.76 bits per heavy atom. The second-order valence-electron chi connectivity index (χ2n) is 7.74. The van der Waals surface area contributed by atoms with Gasteiger partial charge in [-0.15, -0.1) is 0 Å². The van der Waals surface area contributed by atoms with Crippen LogP contribution in [0, 0.1) is 6.92 Å². The number of rotatable bonds is 3. The van der Waals surface area contributed by atoms with Crippen LogP contribution in [0.5, 0.6) is 11.5 Å². The summed E-state index contributed by atoms with van der Waals surface area (Å²) in [5.41, 5.74) is 5.85. The highest BCUT2D eigenvalue weighted by Gasteiger charge is 2.47. The number of carbonyl (C=O) groups is 2. The Balaban J connectivity index is 1.46. The molecule has 1 spiro atoms. The van der Waals surface area contributed by atoms with Crippen molar-refractivity contribution < 1.29 is 19.1 Å². The van der Waals surface area contributed by atoms with Crippen molar-refractivity contribution in [3.05, 3.63) is 94.8 Å². The zero-order valence-corrected chi connectivity index (χ0v) is 18.0. The standard InChI is InChI=1S/C25H20N4O4/c1-16-13-18-7-10-25(29(2)24(31)20-5-3-4-6-21(20)32-25)33-22(18)19(14-16)15-27-28-23(30)17-8-11-26-12-9-17/h3-15H,1-2H3,(H,28,30)/b27-15-/t25-/m1/s1. The van der Waals surface area contributed by atoms with E-state index in [-0.39, 0.29) is 11.8 Å². The number of para-hydroxylation sites is 1. The Morgan fingerprint density at radius 1 is 1.15 bits per heavy atom. The molecule has 2 aromatic carbocycles. The van der Waals surface area contributed by atoms with Gasteiger partial charge in [-0.2, -0.15) is 5.10 Å². The minimum Gasteiger partial charge on any atom is -0.431 e. The molecule has 2 aliphatic rings. The lowest BCUT2D eigenvalue weighted by Crippen LogP contribution is -2.60. The zero-order chi connectivity index (χ0) is 23.0. The summed E-state index contributed by atoms with van der Waals surface area (Å²) >= 11 is 0. The molecule has 2 aliphatic heterocycles. The molecule has 1 atom stereocenters. The number of hydrogen-bond acceptors (Lipinski definition) is 6. The molecule has 5 rings (SSSR count). The van der Waals surface area contributed by atoms with E-state index in [1.165, 1.54) is 23.5 Å². The van der Waals surface area contributed by atoms with Crippen molar-refractivity contribution in [1.82, 2.24) is 15.3 Å². The average Bonchev–Trinajstić information content (AvgIpc) is 2.83. The normalized spacial score (nSPS) is 18.5. The van der Waals surface area contributed by atoms with Crippen molar-refractivity contribution in [2.75, 3.05) is 7.05 Å². The van der Waals surface area contributed by atoms with Gasteiger partial charge in [0, 0.05) is 42.2 Å². The average molecular weight is 440 g/mol. The fourth-order valence-corrected chi connectivity index (χ4v) is 3.79. The fourth-order valence-electron chi connectivity index (χ4n) is 3.79. The van der Waals surface area contributed by atoms with Crippen LogP contribution in [0.4, 0.5) is 0 Å². The van der Waals surface area contributed by atoms with Crippen molar-refractivity contribution in [2.24, 2.45) is 5.10 Å². The van der Waals surface area contributed by atoms with Crippen LogP contribution in [0.25, 0.3) is 6.08 Å². The van der Waals surface area contributed by atoms with Crippen LogP contribution in [0.3, 0.4) is 0 Å². The number of fused-ring (bicyclic) bond motifs is 2. The van der Waals surface area contributed by atoms with Gasteiger partial charge in [-0.1, -0.05) is 12.1 Å². The first-order valence-electron chi connectivity index (χ1n) is 10.3. The van der Waals surface area contributed by atoms with E-state index in [2.05, 4.69) is 15.5 Å². The number of benzene rings is 2. The molecule has 0 saturated heterocycles. The van der Waals surface area contributed by atoms with Gasteiger partial charge in [0.05, 0.1) is 11.8 Å². The van der Waals surface area contributed by atoms with Gasteiger partial charge in [0.15, 0.2) is 0 Å². The molecular formula is C25H20N4O4. The summed E-state index contributed by atoms with van der Waals surface area (Å²) < 4.78 is 12.5. The van der Waals surface area contributed by atoms with Crippen molar-refractivity contribution in [3.8, 4) is 11.5 Å². The lowest BCUT2D eigenvalue weighted by molar-refractivity contribution is -0.166. The van der Waals surface area contributed by atoms with E-state index in [0.29, 0.717) is 28.2 Å². The van der Waals surface area contributed by atoms with Crippen molar-refractivity contribution in [1.29, 1.82) is 0 Å². The van der Waals surface area contributed by atoms with Gasteiger partial charge in [-0.05, 0) is 55.0 Å². The Kier molecular flexibility index (Phi) is 4.90. The van der Waals surface area contributed by atoms with Crippen molar-refractivity contribution in [2.45, 2.75) is 12.8 Å². The topological polar surface area (TPSA) is 93.1 Å². The van der Waals surface area contributed by atoms with Crippen LogP contribution < -0.4 is 14.9 Å². The van der Waals surface area contributed by atoms with Crippen LogP contribution in [0.1, 0.15) is 37.4 Å². The number of pyridine rings is 1. The van der Waals surface area contributed by atoms with Crippen LogP contribution in [-0.4, -0.2) is 40.9 Å². The van der Waals surface area contributed by atoms with E-state index < -0.39 is 5.91 Å². The predicted molar refractivity (Wildman–Crippen MR) is 122 cm³/mol. The molecule has 0 aliphatic carbocycles. The number of ether oxygens (including phenoxy) is 2. The van der Waals surface area contributed by atoms with Crippen LogP contribution in [0.2, 0.25) is 0 Å². The van der Waals surface area contributed by atoms with E-state index in [0.717, 1.165) is 11.1 Å². The molecule has 2 amide bonds. The number of aryl methyl sites for hydroxylation is 1. The van der Waals surface area contributed by atoms with Crippen LogP contribution >= 0.6 is 0 Å². The molecule has 0 unspecified atom stereocenters. The highest BCUT2D eigenvalue weighted by molar-refractivity contribution is 5.99. The highest BCUT2D eigenvalue weighted by atomic mass is 16.7. The lowest BCUT2D eigenvalue weighted by atomic mass is 10.0. The fraction of sp³-hybridized carbons (Fsp3) is 0.120. The molecule has 1 aromatic heterocycles. The summed E-state index contributed by atoms with van der Waals surface area (Å²) in [6.07, 6.45) is 8.16. The van der Waals surface area contributed by atoms with E-state index in [9.17, 15) is 9.59 Å². The maximum Gasteiger partial charge on any atom is 0.362 e. The van der Waals surface area contributed by atoms with E-state index in [1.54, 1.807) is 49.5 Å². The summed E-state index contributed by atoms with van der Waals surface area (Å²) in [6.45, 7) is 1.95. The number of nitrogens with zero attached hydrogens (tertiary/aromatic N) is 3. The molecule has 0 bridgehead atoms. The molecule has 0 radical (unpaired) electrons. The third kappa shape index (κ3) is 3.61. The van der Waals surface area contributed by atoms with Crippen LogP contribution in [-0.2, 0) is 0 Å². The number of hydrogen-bond donors (Lipinski definition) is 1. The van der Waals surface area contributed by atoms with Crippen LogP contribution in [0.15, 0.2) is 72.1 Å². The molecule has 1 N–H and O–H groups in total. The molecule has 33 heavy (non-hydrogen) atoms. The molecule has 0 fully saturated rings. The van der Waals surface area contributed by atoms with Gasteiger partial charge in [0.1, 0.15) is 11.5 Å². The van der Waals surface area contributed by atoms with E-state index in [1.807, 2.05) is 25.1 Å². The number of amides is 2. The summed E-state index contributed by atoms with van der Waals surface area (Å²) in [4.78, 5) is 30.6. The largest absolute Gasteiger partial charge is 0.431 e. The van der Waals surface area contributed by atoms with Gasteiger partial charge >= 0.3 is 5.91 Å². The number of hydrazone groups is 1. The van der Waals surface area contributed by atoms with Crippen molar-refractivity contribution in [3.63, 3.8) is 0 Å². The van der Waals surface area contributed by atoms with Crippen molar-refractivity contribution >= 4 is 24.1 Å². The summed E-state index contributed by atoms with van der Waals surface area (Å²) in [5, 5.41) is 4.10. The first kappa shape index (κ1) is 20.4. The first-order valence-corrected chi connectivity index (χ1v) is 10.3. The lowest BCUT2D eigenvalue weighted by Gasteiger charge is -2.44. The number of likely N-dealkylation sites (N-methyl/N-ethyl adjacent to an activating group) is 1. The Hall–Kier alpha value is -4.46. The molecule has 0 saturated carbocycles. The monoisotopic (exact) mass is 440 g/mol. The van der Waals surface area contributed by atoms with E-state index >= 15 is 0 Å². The summed E-state index contributed by atoms with van der Waals surface area (Å²) in [6, 6.07) is 14.1. The molecule has 8 nitrogen and oxygen atoms in total. The smallest absolute Gasteiger partial charge is 0.362 e. The Labute approximate surface area is 190 Å². The van der Waals surface area contributed by atoms with Gasteiger partial charge in [0.25, 0.3) is 11.8 Å². The second-order valence-corrected chi connectivity index (χ2v) is 7.74. The van der Waals surface area contributed by atoms with Gasteiger partial charge in [-0.25, -0.2) is 5.43 Å². The highest BCUT2D eigenvalue weighted by Crippen LogP contribution is 2.40. The zero-order valence-electron chi connectivity index (χ0n) is 18.0. The third-order valence-corrected chi connectivity index (χ3v) is 5.47. The first-order chi connectivity index (χ1) is 16.0.